The zero-order valence-electron chi connectivity index (χ0n) is 10.6. The van der Waals surface area contributed by atoms with E-state index in [1.807, 2.05) is 0 Å². The summed E-state index contributed by atoms with van der Waals surface area (Å²) in [5.41, 5.74) is -0.418. The number of sulfone groups is 1. The summed E-state index contributed by atoms with van der Waals surface area (Å²) in [5, 5.41) is 9.10. The first-order valence-corrected chi connectivity index (χ1v) is 10.6. The first kappa shape index (κ1) is 18.4. The van der Waals surface area contributed by atoms with Crippen molar-refractivity contribution < 1.29 is 26.7 Å². The average molecular weight is 465 g/mol. The van der Waals surface area contributed by atoms with Crippen molar-refractivity contribution in [1.82, 2.24) is 0 Å². The number of halogens is 2. The van der Waals surface area contributed by atoms with Crippen LogP contribution in [0.4, 0.5) is 5.69 Å². The van der Waals surface area contributed by atoms with Gasteiger partial charge in [-0.3, -0.25) is 4.72 Å². The maximum absolute atomic E-state index is 11.9. The smallest absolute Gasteiger partial charge is 0.337 e. The lowest BCUT2D eigenvalue weighted by Gasteiger charge is -2.12. The van der Waals surface area contributed by atoms with Crippen LogP contribution in [0.15, 0.2) is 21.1 Å². The summed E-state index contributed by atoms with van der Waals surface area (Å²) < 4.78 is 48.5. The Bertz CT molecular complexity index is 773. The first-order valence-electron chi connectivity index (χ1n) is 5.32. The van der Waals surface area contributed by atoms with Gasteiger partial charge in [0.15, 0.2) is 0 Å². The molecule has 1 rings (SSSR count). The standard InChI is InChI=1S/C10H11Br2NO6S2/c1-20(16,17)2-3-21(18,19)13-9-7(10(14)15)4-6(11)5-8(9)12/h4-5,13H,2-3H2,1H3,(H,14,15). The Balaban J connectivity index is 3.15. The Labute approximate surface area is 139 Å². The van der Waals surface area contributed by atoms with E-state index < -0.39 is 37.3 Å². The van der Waals surface area contributed by atoms with Crippen molar-refractivity contribution in [3.8, 4) is 0 Å². The number of aromatic carboxylic acids is 1. The fourth-order valence-electron chi connectivity index (χ4n) is 1.31. The van der Waals surface area contributed by atoms with E-state index in [1.54, 1.807) is 0 Å². The molecule has 1 aromatic rings. The molecule has 0 spiro atoms. The number of carboxylic acid groups (broad SMARTS) is 1. The zero-order chi connectivity index (χ0) is 16.4. The molecular weight excluding hydrogens is 454 g/mol. The van der Waals surface area contributed by atoms with Gasteiger partial charge in [-0.05, 0) is 28.1 Å². The molecule has 0 aliphatic carbocycles. The molecule has 0 bridgehead atoms. The van der Waals surface area contributed by atoms with E-state index in [1.165, 1.54) is 12.1 Å². The molecule has 11 heteroatoms. The number of sulfonamides is 1. The van der Waals surface area contributed by atoms with Crippen molar-refractivity contribution in [2.75, 3.05) is 22.5 Å². The summed E-state index contributed by atoms with van der Waals surface area (Å²) >= 11 is 6.17. The van der Waals surface area contributed by atoms with E-state index in [0.29, 0.717) is 4.47 Å². The van der Waals surface area contributed by atoms with Crippen LogP contribution in [0.1, 0.15) is 10.4 Å². The van der Waals surface area contributed by atoms with Crippen LogP contribution in [0.2, 0.25) is 0 Å². The minimum Gasteiger partial charge on any atom is -0.478 e. The lowest BCUT2D eigenvalue weighted by molar-refractivity contribution is 0.0698. The van der Waals surface area contributed by atoms with Gasteiger partial charge in [0.25, 0.3) is 0 Å². The van der Waals surface area contributed by atoms with E-state index in [9.17, 15) is 21.6 Å². The number of hydrogen-bond donors (Lipinski definition) is 2. The van der Waals surface area contributed by atoms with Gasteiger partial charge in [-0.15, -0.1) is 0 Å². The molecule has 0 aliphatic rings. The maximum Gasteiger partial charge on any atom is 0.337 e. The van der Waals surface area contributed by atoms with Crippen molar-refractivity contribution in [3.05, 3.63) is 26.6 Å². The molecule has 21 heavy (non-hydrogen) atoms. The third kappa shape index (κ3) is 5.93. The van der Waals surface area contributed by atoms with Gasteiger partial charge in [0.2, 0.25) is 10.0 Å². The highest BCUT2D eigenvalue weighted by Gasteiger charge is 2.21. The number of carboxylic acids is 1. The molecular formula is C10H11Br2NO6S2. The van der Waals surface area contributed by atoms with Gasteiger partial charge >= 0.3 is 5.97 Å². The van der Waals surface area contributed by atoms with Gasteiger partial charge in [-0.25, -0.2) is 21.6 Å². The van der Waals surface area contributed by atoms with E-state index in [0.717, 1.165) is 6.26 Å². The molecule has 0 atom stereocenters. The Morgan fingerprint density at radius 1 is 1.19 bits per heavy atom. The van der Waals surface area contributed by atoms with Crippen molar-refractivity contribution >= 4 is 63.4 Å². The number of anilines is 1. The monoisotopic (exact) mass is 463 g/mol. The lowest BCUT2D eigenvalue weighted by atomic mass is 10.2. The van der Waals surface area contributed by atoms with Gasteiger partial charge in [0.05, 0.1) is 22.8 Å². The van der Waals surface area contributed by atoms with Crippen molar-refractivity contribution in [1.29, 1.82) is 0 Å². The topological polar surface area (TPSA) is 118 Å². The number of carbonyl (C=O) groups is 1. The van der Waals surface area contributed by atoms with Crippen LogP contribution in [0, 0.1) is 0 Å². The van der Waals surface area contributed by atoms with Crippen molar-refractivity contribution in [3.63, 3.8) is 0 Å². The van der Waals surface area contributed by atoms with E-state index in [2.05, 4.69) is 36.6 Å². The highest BCUT2D eigenvalue weighted by atomic mass is 79.9. The summed E-state index contributed by atoms with van der Waals surface area (Å²) in [5.74, 6) is -2.54. The second-order valence-electron chi connectivity index (χ2n) is 4.17. The van der Waals surface area contributed by atoms with E-state index >= 15 is 0 Å². The van der Waals surface area contributed by atoms with Gasteiger partial charge in [-0.1, -0.05) is 15.9 Å². The lowest BCUT2D eigenvalue weighted by Crippen LogP contribution is -2.23. The minimum atomic E-state index is -4.00. The second-order valence-corrected chi connectivity index (χ2v) is 10.0. The number of hydrogen-bond acceptors (Lipinski definition) is 5. The molecule has 0 aliphatic heterocycles. The largest absolute Gasteiger partial charge is 0.478 e. The van der Waals surface area contributed by atoms with Crippen LogP contribution >= 0.6 is 31.9 Å². The van der Waals surface area contributed by atoms with E-state index in [4.69, 9.17) is 5.11 Å². The highest BCUT2D eigenvalue weighted by Crippen LogP contribution is 2.31. The van der Waals surface area contributed by atoms with Crippen LogP contribution in [-0.4, -0.2) is 45.7 Å². The molecule has 0 amide bonds. The third-order valence-corrected chi connectivity index (χ3v) is 5.81. The predicted octanol–water partition coefficient (Wildman–Crippen LogP) is 1.70. The Hall–Kier alpha value is -0.650. The van der Waals surface area contributed by atoms with Crippen LogP contribution in [0.25, 0.3) is 0 Å². The molecule has 7 nitrogen and oxygen atoms in total. The Morgan fingerprint density at radius 3 is 2.24 bits per heavy atom. The average Bonchev–Trinajstić information content (AvgIpc) is 2.29. The highest BCUT2D eigenvalue weighted by molar-refractivity contribution is 9.11. The normalized spacial score (nSPS) is 12.1. The molecule has 0 unspecified atom stereocenters. The molecule has 0 aromatic heterocycles. The SMILES string of the molecule is CS(=O)(=O)CCS(=O)(=O)Nc1c(Br)cc(Br)cc1C(=O)O. The zero-order valence-corrected chi connectivity index (χ0v) is 15.4. The third-order valence-electron chi connectivity index (χ3n) is 2.27. The van der Waals surface area contributed by atoms with Gasteiger partial charge in [0.1, 0.15) is 9.84 Å². The molecule has 0 saturated carbocycles. The molecule has 0 fully saturated rings. The fraction of sp³-hybridized carbons (Fsp3) is 0.300. The van der Waals surface area contributed by atoms with Crippen molar-refractivity contribution in [2.45, 2.75) is 0 Å². The summed E-state index contributed by atoms with van der Waals surface area (Å²) in [6, 6.07) is 2.71. The number of benzene rings is 1. The number of rotatable bonds is 6. The van der Waals surface area contributed by atoms with E-state index in [-0.39, 0.29) is 15.7 Å². The quantitative estimate of drug-likeness (QED) is 0.661. The maximum atomic E-state index is 11.9. The predicted molar refractivity (Wildman–Crippen MR) is 85.9 cm³/mol. The van der Waals surface area contributed by atoms with Gasteiger partial charge in [-0.2, -0.15) is 0 Å². The molecule has 1 aromatic carbocycles. The molecule has 0 radical (unpaired) electrons. The minimum absolute atomic E-state index is 0.154. The summed E-state index contributed by atoms with van der Waals surface area (Å²) in [6.07, 6.45) is 0.917. The molecule has 2 N–H and O–H groups in total. The van der Waals surface area contributed by atoms with Gasteiger partial charge < -0.3 is 5.11 Å². The molecule has 0 heterocycles. The summed E-state index contributed by atoms with van der Waals surface area (Å²) in [7, 11) is -7.44. The second kappa shape index (κ2) is 6.63. The number of nitrogens with one attached hydrogen (secondary N) is 1. The Kier molecular flexibility index (Phi) is 5.81. The van der Waals surface area contributed by atoms with Crippen LogP contribution in [-0.2, 0) is 19.9 Å². The fourth-order valence-corrected chi connectivity index (χ4v) is 5.49. The van der Waals surface area contributed by atoms with Gasteiger partial charge in [0, 0.05) is 15.2 Å². The van der Waals surface area contributed by atoms with Crippen molar-refractivity contribution in [2.24, 2.45) is 0 Å². The molecule has 118 valence electrons. The Morgan fingerprint density at radius 2 is 1.76 bits per heavy atom. The van der Waals surface area contributed by atoms with Crippen LogP contribution in [0.5, 0.6) is 0 Å². The molecule has 0 saturated heterocycles. The summed E-state index contributed by atoms with van der Waals surface area (Å²) in [6.45, 7) is 0. The summed E-state index contributed by atoms with van der Waals surface area (Å²) in [4.78, 5) is 11.2. The van der Waals surface area contributed by atoms with Crippen LogP contribution in [0.3, 0.4) is 0 Å². The van der Waals surface area contributed by atoms with Crippen LogP contribution < -0.4 is 4.72 Å². The first-order chi connectivity index (χ1) is 9.41.